The summed E-state index contributed by atoms with van der Waals surface area (Å²) >= 11 is 0. The van der Waals surface area contributed by atoms with Gasteiger partial charge in [0.25, 0.3) is 5.89 Å². The van der Waals surface area contributed by atoms with E-state index in [4.69, 9.17) is 9.15 Å². The van der Waals surface area contributed by atoms with Crippen molar-refractivity contribution in [1.29, 1.82) is 0 Å². The van der Waals surface area contributed by atoms with Crippen molar-refractivity contribution in [2.45, 2.75) is 33.3 Å². The van der Waals surface area contributed by atoms with Crippen LogP contribution in [0.3, 0.4) is 0 Å². The molecule has 26 heavy (non-hydrogen) atoms. The van der Waals surface area contributed by atoms with E-state index in [1.165, 1.54) is 17.7 Å². The summed E-state index contributed by atoms with van der Waals surface area (Å²) in [6, 6.07) is 11.6. The molecule has 3 aromatic rings. The lowest BCUT2D eigenvalue weighted by Gasteiger charge is -2.10. The Hall–Kier alpha value is -3.02. The van der Waals surface area contributed by atoms with Crippen molar-refractivity contribution in [3.8, 4) is 11.5 Å². The fourth-order valence-electron chi connectivity index (χ4n) is 2.48. The molecule has 0 aliphatic rings. The van der Waals surface area contributed by atoms with Crippen LogP contribution < -0.4 is 0 Å². The first-order valence-electron chi connectivity index (χ1n) is 8.27. The zero-order valence-electron chi connectivity index (χ0n) is 14.8. The summed E-state index contributed by atoms with van der Waals surface area (Å²) in [5.41, 5.74) is 3.79. The number of halogens is 1. The van der Waals surface area contributed by atoms with Gasteiger partial charge >= 0.3 is 5.97 Å². The molecule has 0 radical (unpaired) electrons. The minimum atomic E-state index is -0.671. The van der Waals surface area contributed by atoms with Gasteiger partial charge < -0.3 is 9.15 Å². The van der Waals surface area contributed by atoms with Gasteiger partial charge in [-0.1, -0.05) is 18.2 Å². The number of nitrogens with zero attached hydrogens (tertiary/aromatic N) is 2. The lowest BCUT2D eigenvalue weighted by atomic mass is 10.0. The zero-order valence-corrected chi connectivity index (χ0v) is 14.8. The van der Waals surface area contributed by atoms with Crippen molar-refractivity contribution in [2.75, 3.05) is 0 Å². The molecule has 134 valence electrons. The van der Waals surface area contributed by atoms with Crippen LogP contribution in [0.4, 0.5) is 4.39 Å². The van der Waals surface area contributed by atoms with Gasteiger partial charge in [-0.15, -0.1) is 10.2 Å². The minimum Gasteiger partial charge on any atom is -0.452 e. The summed E-state index contributed by atoms with van der Waals surface area (Å²) in [4.78, 5) is 12.2. The van der Waals surface area contributed by atoms with Crippen LogP contribution in [0.1, 0.15) is 35.6 Å². The van der Waals surface area contributed by atoms with Crippen molar-refractivity contribution >= 4 is 5.97 Å². The second kappa shape index (κ2) is 7.47. The number of carbonyl (C=O) groups is 1. The topological polar surface area (TPSA) is 65.2 Å². The fourth-order valence-corrected chi connectivity index (χ4v) is 2.48. The van der Waals surface area contributed by atoms with Gasteiger partial charge in [0.15, 0.2) is 6.10 Å². The molecular weight excluding hydrogens is 335 g/mol. The highest BCUT2D eigenvalue weighted by Crippen LogP contribution is 2.23. The number of aryl methyl sites for hydroxylation is 2. The second-order valence-corrected chi connectivity index (χ2v) is 6.18. The van der Waals surface area contributed by atoms with Crippen molar-refractivity contribution in [2.24, 2.45) is 0 Å². The first-order valence-corrected chi connectivity index (χ1v) is 8.27. The van der Waals surface area contributed by atoms with E-state index in [1.54, 1.807) is 19.1 Å². The average Bonchev–Trinajstić information content (AvgIpc) is 3.09. The maximum atomic E-state index is 13.0. The number of hydrogen-bond acceptors (Lipinski definition) is 5. The quantitative estimate of drug-likeness (QED) is 0.638. The Morgan fingerprint density at radius 2 is 1.85 bits per heavy atom. The number of aromatic nitrogens is 2. The highest BCUT2D eigenvalue weighted by molar-refractivity contribution is 5.72. The molecule has 0 aliphatic heterocycles. The Bertz CT molecular complexity index is 919. The molecule has 0 N–H and O–H groups in total. The molecular formula is C20H19FN2O3. The van der Waals surface area contributed by atoms with Crippen LogP contribution in [0.25, 0.3) is 11.5 Å². The van der Waals surface area contributed by atoms with Crippen molar-refractivity contribution in [3.63, 3.8) is 0 Å². The predicted molar refractivity (Wildman–Crippen MR) is 93.8 cm³/mol. The van der Waals surface area contributed by atoms with E-state index in [9.17, 15) is 9.18 Å². The van der Waals surface area contributed by atoms with Crippen molar-refractivity contribution in [1.82, 2.24) is 10.2 Å². The van der Waals surface area contributed by atoms with E-state index >= 15 is 0 Å². The Morgan fingerprint density at radius 1 is 1.12 bits per heavy atom. The van der Waals surface area contributed by atoms with Crippen LogP contribution >= 0.6 is 0 Å². The van der Waals surface area contributed by atoms with E-state index in [1.807, 2.05) is 32.0 Å². The number of esters is 1. The van der Waals surface area contributed by atoms with Crippen LogP contribution in [0.15, 0.2) is 46.9 Å². The normalized spacial score (nSPS) is 12.0. The molecule has 0 saturated carbocycles. The van der Waals surface area contributed by atoms with Crippen LogP contribution in [0.2, 0.25) is 0 Å². The number of ether oxygens (including phenoxy) is 1. The number of hydrogen-bond donors (Lipinski definition) is 0. The maximum absolute atomic E-state index is 13.0. The molecule has 1 heterocycles. The van der Waals surface area contributed by atoms with Crippen molar-refractivity contribution in [3.05, 3.63) is 70.9 Å². The Kier molecular flexibility index (Phi) is 5.11. The van der Waals surface area contributed by atoms with E-state index in [2.05, 4.69) is 10.2 Å². The zero-order chi connectivity index (χ0) is 18.7. The van der Waals surface area contributed by atoms with Gasteiger partial charge in [0.1, 0.15) is 5.82 Å². The molecule has 0 saturated heterocycles. The summed E-state index contributed by atoms with van der Waals surface area (Å²) < 4.78 is 23.9. The van der Waals surface area contributed by atoms with Gasteiger partial charge in [-0.2, -0.15) is 0 Å². The standard InChI is InChI=1S/C20H19FN2O3/c1-12-4-5-15(10-13(12)2)11-18(24)25-14(3)19-22-23-20(26-19)16-6-8-17(21)9-7-16/h4-10,14H,11H2,1-3H3/t14-/m0/s1. The van der Waals surface area contributed by atoms with Gasteiger partial charge in [0, 0.05) is 5.56 Å². The van der Waals surface area contributed by atoms with Gasteiger partial charge in [-0.25, -0.2) is 4.39 Å². The van der Waals surface area contributed by atoms with E-state index in [-0.39, 0.29) is 30.0 Å². The molecule has 0 spiro atoms. The molecule has 5 nitrogen and oxygen atoms in total. The third-order valence-electron chi connectivity index (χ3n) is 4.11. The van der Waals surface area contributed by atoms with Crippen molar-refractivity contribution < 1.29 is 18.3 Å². The van der Waals surface area contributed by atoms with Crippen LogP contribution in [0, 0.1) is 19.7 Å². The van der Waals surface area contributed by atoms with Gasteiger partial charge in [-0.3, -0.25) is 4.79 Å². The Labute approximate surface area is 150 Å². The predicted octanol–water partition coefficient (Wildman–Crippen LogP) is 4.34. The smallest absolute Gasteiger partial charge is 0.311 e. The highest BCUT2D eigenvalue weighted by atomic mass is 19.1. The molecule has 3 rings (SSSR count). The largest absolute Gasteiger partial charge is 0.452 e. The van der Waals surface area contributed by atoms with Gasteiger partial charge in [-0.05, 0) is 61.7 Å². The maximum Gasteiger partial charge on any atom is 0.311 e. The van der Waals surface area contributed by atoms with Crippen LogP contribution in [-0.4, -0.2) is 16.2 Å². The Balaban J connectivity index is 1.64. The van der Waals surface area contributed by atoms with Gasteiger partial charge in [0.2, 0.25) is 5.89 Å². The Morgan fingerprint density at radius 3 is 2.54 bits per heavy atom. The molecule has 0 aliphatic carbocycles. The summed E-state index contributed by atoms with van der Waals surface area (Å²) in [6.07, 6.45) is -0.500. The number of carbonyl (C=O) groups excluding carboxylic acids is 1. The molecule has 0 fully saturated rings. The third kappa shape index (κ3) is 4.14. The highest BCUT2D eigenvalue weighted by Gasteiger charge is 2.19. The first kappa shape index (κ1) is 17.8. The van der Waals surface area contributed by atoms with Crippen LogP contribution in [-0.2, 0) is 16.0 Å². The second-order valence-electron chi connectivity index (χ2n) is 6.18. The third-order valence-corrected chi connectivity index (χ3v) is 4.11. The monoisotopic (exact) mass is 354 g/mol. The first-order chi connectivity index (χ1) is 12.4. The van der Waals surface area contributed by atoms with Crippen LogP contribution in [0.5, 0.6) is 0 Å². The summed E-state index contributed by atoms with van der Waals surface area (Å²) in [7, 11) is 0. The van der Waals surface area contributed by atoms with E-state index in [0.29, 0.717) is 5.56 Å². The molecule has 1 atom stereocenters. The molecule has 1 aromatic heterocycles. The summed E-state index contributed by atoms with van der Waals surface area (Å²) in [5, 5.41) is 7.83. The van der Waals surface area contributed by atoms with Gasteiger partial charge in [0.05, 0.1) is 6.42 Å². The fraction of sp³-hybridized carbons (Fsp3) is 0.250. The minimum absolute atomic E-state index is 0.171. The number of benzene rings is 2. The lowest BCUT2D eigenvalue weighted by molar-refractivity contribution is -0.148. The molecule has 2 aromatic carbocycles. The SMILES string of the molecule is Cc1ccc(CC(=O)O[C@@H](C)c2nnc(-c3ccc(F)cc3)o2)cc1C. The summed E-state index contributed by atoms with van der Waals surface area (Å²) in [5.74, 6) is -0.278. The lowest BCUT2D eigenvalue weighted by Crippen LogP contribution is -2.12. The average molecular weight is 354 g/mol. The molecule has 0 amide bonds. The van der Waals surface area contributed by atoms with E-state index < -0.39 is 6.10 Å². The number of rotatable bonds is 5. The molecule has 6 heteroatoms. The van der Waals surface area contributed by atoms with E-state index in [0.717, 1.165) is 11.1 Å². The summed E-state index contributed by atoms with van der Waals surface area (Å²) in [6.45, 7) is 5.69. The molecule has 0 unspecified atom stereocenters. The molecule has 0 bridgehead atoms.